The van der Waals surface area contributed by atoms with Gasteiger partial charge in [-0.15, -0.1) is 0 Å². The van der Waals surface area contributed by atoms with Gasteiger partial charge < -0.3 is 4.90 Å². The van der Waals surface area contributed by atoms with Crippen LogP contribution in [0.3, 0.4) is 0 Å². The van der Waals surface area contributed by atoms with Crippen molar-refractivity contribution in [3.05, 3.63) is 0 Å². The molecule has 0 bridgehead atoms. The van der Waals surface area contributed by atoms with Crippen LogP contribution in [-0.4, -0.2) is 17.5 Å². The van der Waals surface area contributed by atoms with Gasteiger partial charge in [-0.3, -0.25) is 0 Å². The smallest absolute Gasteiger partial charge is 0.179 e. The van der Waals surface area contributed by atoms with Gasteiger partial charge in [0.25, 0.3) is 0 Å². The van der Waals surface area contributed by atoms with Gasteiger partial charge in [0.2, 0.25) is 0 Å². The summed E-state index contributed by atoms with van der Waals surface area (Å²) in [5.74, 6) is 0.777. The molecule has 2 heteroatoms. The van der Waals surface area contributed by atoms with E-state index in [0.29, 0.717) is 0 Å². The van der Waals surface area contributed by atoms with Crippen LogP contribution in [0.2, 0.25) is 0 Å². The van der Waals surface area contributed by atoms with Crippen LogP contribution in [0, 0.1) is 17.4 Å². The highest BCUT2D eigenvalue weighted by Gasteiger charge is 2.33. The number of hydrogen-bond donors (Lipinski definition) is 0. The van der Waals surface area contributed by atoms with E-state index in [1.54, 1.807) is 0 Å². The largest absolute Gasteiger partial charge is 0.308 e. The Labute approximate surface area is 75.2 Å². The molecule has 0 heterocycles. The lowest BCUT2D eigenvalue weighted by Crippen LogP contribution is -2.44. The molecule has 1 saturated carbocycles. The normalized spacial score (nSPS) is 35.7. The molecule has 0 aromatic heterocycles. The fourth-order valence-corrected chi connectivity index (χ4v) is 2.21. The van der Waals surface area contributed by atoms with E-state index in [9.17, 15) is 0 Å². The summed E-state index contributed by atoms with van der Waals surface area (Å²) in [6.45, 7) is 4.48. The van der Waals surface area contributed by atoms with Gasteiger partial charge in [0.15, 0.2) is 6.19 Å². The van der Waals surface area contributed by atoms with Crippen LogP contribution < -0.4 is 0 Å². The van der Waals surface area contributed by atoms with Gasteiger partial charge >= 0.3 is 0 Å². The van der Waals surface area contributed by atoms with Crippen LogP contribution in [0.15, 0.2) is 0 Å². The van der Waals surface area contributed by atoms with Gasteiger partial charge in [-0.25, -0.2) is 0 Å². The van der Waals surface area contributed by atoms with Crippen LogP contribution in [0.25, 0.3) is 0 Å². The van der Waals surface area contributed by atoms with Crippen LogP contribution >= 0.6 is 0 Å². The summed E-state index contributed by atoms with van der Waals surface area (Å²) < 4.78 is 0. The molecule has 2 atom stereocenters. The zero-order valence-electron chi connectivity index (χ0n) is 8.30. The van der Waals surface area contributed by atoms with Gasteiger partial charge in [0, 0.05) is 12.6 Å². The summed E-state index contributed by atoms with van der Waals surface area (Å²) in [6.07, 6.45) is 7.16. The SMILES string of the molecule is CC1CCCC(C)(N(C)C#N)C1. The van der Waals surface area contributed by atoms with Crippen molar-refractivity contribution in [1.29, 1.82) is 5.26 Å². The second-order valence-corrected chi connectivity index (χ2v) is 4.36. The molecule has 0 N–H and O–H groups in total. The summed E-state index contributed by atoms with van der Waals surface area (Å²) in [4.78, 5) is 1.82. The fourth-order valence-electron chi connectivity index (χ4n) is 2.21. The third-order valence-corrected chi connectivity index (χ3v) is 3.16. The highest BCUT2D eigenvalue weighted by atomic mass is 15.2. The lowest BCUT2D eigenvalue weighted by molar-refractivity contribution is 0.119. The number of hydrogen-bond acceptors (Lipinski definition) is 2. The Morgan fingerprint density at radius 1 is 1.58 bits per heavy atom. The molecule has 1 aliphatic carbocycles. The Balaban J connectivity index is 2.64. The standard InChI is InChI=1S/C10H18N2/c1-9-5-4-6-10(2,7-9)12(3)8-11/h9H,4-7H2,1-3H3. The molecule has 1 rings (SSSR count). The van der Waals surface area contributed by atoms with E-state index in [2.05, 4.69) is 20.0 Å². The van der Waals surface area contributed by atoms with Gasteiger partial charge in [-0.2, -0.15) is 5.26 Å². The summed E-state index contributed by atoms with van der Waals surface area (Å²) in [5, 5.41) is 8.81. The predicted molar refractivity (Wildman–Crippen MR) is 49.4 cm³/mol. The number of nitriles is 1. The monoisotopic (exact) mass is 166 g/mol. The maximum atomic E-state index is 8.81. The van der Waals surface area contributed by atoms with Crippen LogP contribution in [-0.2, 0) is 0 Å². The molecular formula is C10H18N2. The van der Waals surface area contributed by atoms with Gasteiger partial charge in [0.1, 0.15) is 0 Å². The maximum Gasteiger partial charge on any atom is 0.179 e. The molecule has 0 amide bonds. The summed E-state index contributed by atoms with van der Waals surface area (Å²) >= 11 is 0. The highest BCUT2D eigenvalue weighted by molar-refractivity contribution is 4.94. The average molecular weight is 166 g/mol. The van der Waals surface area contributed by atoms with Gasteiger partial charge in [-0.1, -0.05) is 19.8 Å². The quantitative estimate of drug-likeness (QED) is 0.441. The Morgan fingerprint density at radius 3 is 2.75 bits per heavy atom. The zero-order valence-corrected chi connectivity index (χ0v) is 8.30. The molecule has 1 aliphatic rings. The van der Waals surface area contributed by atoms with Crippen LogP contribution in [0.1, 0.15) is 39.5 Å². The highest BCUT2D eigenvalue weighted by Crippen LogP contribution is 2.35. The van der Waals surface area contributed by atoms with E-state index < -0.39 is 0 Å². The predicted octanol–water partition coefficient (Wildman–Crippen LogP) is 2.37. The number of nitrogens with zero attached hydrogens (tertiary/aromatic N) is 2. The molecule has 0 aromatic rings. The molecule has 0 spiro atoms. The van der Waals surface area contributed by atoms with Crippen molar-refractivity contribution in [3.8, 4) is 6.19 Å². The number of rotatable bonds is 1. The molecule has 0 aliphatic heterocycles. The van der Waals surface area contributed by atoms with E-state index in [1.807, 2.05) is 11.9 Å². The maximum absolute atomic E-state index is 8.81. The van der Waals surface area contributed by atoms with Crippen LogP contribution in [0.4, 0.5) is 0 Å². The Morgan fingerprint density at radius 2 is 2.25 bits per heavy atom. The Kier molecular flexibility index (Phi) is 2.62. The first kappa shape index (κ1) is 9.38. The van der Waals surface area contributed by atoms with Gasteiger partial charge in [-0.05, 0) is 25.7 Å². The van der Waals surface area contributed by atoms with Crippen LogP contribution in [0.5, 0.6) is 0 Å². The molecule has 12 heavy (non-hydrogen) atoms. The molecule has 0 radical (unpaired) electrons. The second-order valence-electron chi connectivity index (χ2n) is 4.36. The summed E-state index contributed by atoms with van der Waals surface area (Å²) in [6, 6.07) is 0. The molecule has 68 valence electrons. The Bertz CT molecular complexity index is 195. The molecule has 1 fully saturated rings. The second kappa shape index (κ2) is 3.35. The first-order valence-electron chi connectivity index (χ1n) is 4.72. The van der Waals surface area contributed by atoms with E-state index in [0.717, 1.165) is 12.3 Å². The first-order chi connectivity index (χ1) is 5.58. The van der Waals surface area contributed by atoms with Gasteiger partial charge in [0.05, 0.1) is 0 Å². The lowest BCUT2D eigenvalue weighted by atomic mass is 9.77. The minimum absolute atomic E-state index is 0.131. The lowest BCUT2D eigenvalue weighted by Gasteiger charge is -2.41. The molecule has 2 unspecified atom stereocenters. The minimum atomic E-state index is 0.131. The average Bonchev–Trinajstić information content (AvgIpc) is 2.02. The zero-order chi connectivity index (χ0) is 9.19. The molecule has 0 aromatic carbocycles. The molecular weight excluding hydrogens is 148 g/mol. The Hall–Kier alpha value is -0.710. The fraction of sp³-hybridized carbons (Fsp3) is 0.900. The summed E-state index contributed by atoms with van der Waals surface area (Å²) in [7, 11) is 1.90. The van der Waals surface area contributed by atoms with E-state index >= 15 is 0 Å². The third-order valence-electron chi connectivity index (χ3n) is 3.16. The van der Waals surface area contributed by atoms with E-state index in [-0.39, 0.29) is 5.54 Å². The van der Waals surface area contributed by atoms with Crippen molar-refractivity contribution in [2.45, 2.75) is 45.1 Å². The molecule has 2 nitrogen and oxygen atoms in total. The minimum Gasteiger partial charge on any atom is -0.308 e. The van der Waals surface area contributed by atoms with Crippen molar-refractivity contribution in [3.63, 3.8) is 0 Å². The van der Waals surface area contributed by atoms with Crippen molar-refractivity contribution in [2.24, 2.45) is 5.92 Å². The first-order valence-corrected chi connectivity index (χ1v) is 4.72. The summed E-state index contributed by atoms with van der Waals surface area (Å²) in [5.41, 5.74) is 0.131. The van der Waals surface area contributed by atoms with E-state index in [1.165, 1.54) is 19.3 Å². The molecule has 0 saturated heterocycles. The van der Waals surface area contributed by atoms with E-state index in [4.69, 9.17) is 5.26 Å². The van der Waals surface area contributed by atoms with Crippen molar-refractivity contribution < 1.29 is 0 Å². The van der Waals surface area contributed by atoms with Crippen molar-refractivity contribution >= 4 is 0 Å². The van der Waals surface area contributed by atoms with Crippen molar-refractivity contribution in [2.75, 3.05) is 7.05 Å². The topological polar surface area (TPSA) is 27.0 Å². The van der Waals surface area contributed by atoms with Crippen molar-refractivity contribution in [1.82, 2.24) is 4.90 Å². The third kappa shape index (κ3) is 1.72.